The first-order valence-electron chi connectivity index (χ1n) is 24.7. The molecule has 0 aromatic heterocycles. The van der Waals surface area contributed by atoms with Gasteiger partial charge in [-0.15, -0.1) is 0 Å². The Labute approximate surface area is 1340 Å². The van der Waals surface area contributed by atoms with Crippen molar-refractivity contribution >= 4 is 1380 Å². The van der Waals surface area contributed by atoms with Crippen LogP contribution >= 0.6 is 32.9 Å². The van der Waals surface area contributed by atoms with E-state index in [0.717, 1.165) is 0 Å². The molecule has 0 fully saturated rings. The van der Waals surface area contributed by atoms with Crippen molar-refractivity contribution in [3.05, 3.63) is 0 Å². The van der Waals surface area contributed by atoms with Crippen LogP contribution in [-0.4, -0.2) is 0 Å². The molecule has 0 nitrogen and oxygen atoms in total. The van der Waals surface area contributed by atoms with E-state index in [1.54, 1.807) is 21.2 Å². The minimum Gasteiger partial charge on any atom is -0.0917 e. The van der Waals surface area contributed by atoms with Crippen LogP contribution in [0.15, 0.2) is 0 Å². The Bertz CT molecular complexity index is 11100. The molecule has 0 saturated heterocycles. The van der Waals surface area contributed by atoms with Gasteiger partial charge in [-0.3, -0.25) is 0 Å². The molecule has 0 saturated carbocycles. The second-order valence-corrected chi connectivity index (χ2v) is 547. The van der Waals surface area contributed by atoms with Crippen LogP contribution in [0.1, 0.15) is 0 Å². The maximum Gasteiger partial charge on any atom is 0.0451 e. The summed E-state index contributed by atoms with van der Waals surface area (Å²) in [6.45, 7) is 0. The van der Waals surface area contributed by atoms with Gasteiger partial charge >= 0.3 is 0 Å². The van der Waals surface area contributed by atoms with Gasteiger partial charge in [0.15, 0.2) is 0 Å². The van der Waals surface area contributed by atoms with Gasteiger partial charge in [-0.1, -0.05) is 11.7 Å². The summed E-state index contributed by atoms with van der Waals surface area (Å²) in [5.74, 6) is 0. The van der Waals surface area contributed by atoms with Crippen LogP contribution in [0.2, 0.25) is 0 Å². The average Bonchev–Trinajstić information content (AvgIpc) is 0.668. The molecule has 0 rings (SSSR count). The average molecular weight is 4870 g/mol. The van der Waals surface area contributed by atoms with Crippen molar-refractivity contribution in [2.24, 2.45) is 0 Å². The molecule has 896 valence electrons. The lowest BCUT2D eigenvalue weighted by atomic mass is 29.7. The summed E-state index contributed by atoms with van der Waals surface area (Å²) in [5.41, 5.74) is 0. The molecule has 0 bridgehead atoms. The van der Waals surface area contributed by atoms with E-state index >= 15 is 0 Å². The van der Waals surface area contributed by atoms with E-state index in [1.807, 2.05) is 0 Å². The maximum absolute atomic E-state index is 6.32. The predicted molar refractivity (Wildman–Crippen MR) is 1110 cm³/mol. The van der Waals surface area contributed by atoms with Crippen molar-refractivity contribution in [2.75, 3.05) is 0 Å². The minimum atomic E-state index is -4.39. The lowest BCUT2D eigenvalue weighted by molar-refractivity contribution is 4.96. The van der Waals surface area contributed by atoms with Crippen molar-refractivity contribution < 1.29 is 0 Å². The van der Waals surface area contributed by atoms with Gasteiger partial charge in [0.2, 0.25) is 0 Å². The summed E-state index contributed by atoms with van der Waals surface area (Å²) in [6.07, 6.45) is 0. The molecular formula is HIS148. The standard InChI is InChI=1S/HIS148/c1-101(2,3)103(7,8)105(11,12)107(15,16)109(19,20)111(23,24)113(27,28)115(31,32)117(35,36)119(39,40)121(43,44)123(47,48)125(51,52)127(55,56)129(59,60)131(63,64)133(67,68)135(71,72)137(75,76)139(79,80)141(83,84)143(87,88)145(91,92)147(95,96)149(99,100)148(97,98)146(93,94)144(89,90)142(85,86)140(81,82)138(77,78)136(73,74)134(69,70)132(65,66)130(61,62)128(57,58)126(53,54)124(49,50)122(45,46)120(41,42)118(37,38)116(33,34)114(29,30)112(25,26)110(21,22)108(17,18)106(13,14)104(9,10)102(4,5)6/h(H,4,5,6). The Morgan fingerprint density at radius 2 is 0.101 bits per heavy atom. The molecule has 0 aromatic rings. The second-order valence-electron chi connectivity index (χ2n) is 20.0. The molecule has 0 aliphatic rings. The zero-order valence-electron chi connectivity index (χ0n) is 60.8. The number of rotatable bonds is 48. The summed E-state index contributed by atoms with van der Waals surface area (Å²) >= 11 is 612. The molecule has 0 aliphatic heterocycles. The van der Waals surface area contributed by atoms with E-state index < -0.39 is 253 Å². The lowest BCUT2D eigenvalue weighted by Gasteiger charge is -2.37. The van der Waals surface area contributed by atoms with Gasteiger partial charge in [0, 0.05) is 275 Å². The van der Waals surface area contributed by atoms with Crippen molar-refractivity contribution in [3.63, 3.8) is 0 Å². The quantitative estimate of drug-likeness (QED) is 0.0398. The van der Waals surface area contributed by atoms with Gasteiger partial charge in [0.05, 0.1) is 0 Å². The third-order valence-corrected chi connectivity index (χ3v) is 980. The summed E-state index contributed by atoms with van der Waals surface area (Å²) < 4.78 is -2.82. The van der Waals surface area contributed by atoms with Crippen molar-refractivity contribution in [2.45, 2.75) is 0 Å². The summed E-state index contributed by atoms with van der Waals surface area (Å²) in [7, 11) is 0. The Morgan fingerprint density at radius 3 is 0.134 bits per heavy atom. The highest BCUT2D eigenvalue weighted by Crippen LogP contribution is 2.51. The maximum atomic E-state index is 6.32. The highest BCUT2D eigenvalue weighted by atomic mass is 127. The summed E-state index contributed by atoms with van der Waals surface area (Å²) in [5, 5.41) is -199. The van der Waals surface area contributed by atoms with E-state index in [0.29, 0.717) is 0 Å². The fourth-order valence-corrected chi connectivity index (χ4v) is 1180. The van der Waals surface area contributed by atoms with Crippen LogP contribution in [-0.2, 0) is 1350 Å². The molecule has 149 heteroatoms. The molecule has 0 aromatic carbocycles. The number of thiol groups is 1. The van der Waals surface area contributed by atoms with Gasteiger partial charge < -0.3 is 0 Å². The fourth-order valence-electron chi connectivity index (χ4n) is 4.80. The fraction of sp³-hybridized carbons (Fsp3) is 0. The SMILES string of the molecule is S=S(=S)(S)S(=S)(=S)S(=S)(=S)S(=S)(=S)S(=S)(=S)S(=S)(=S)S(=S)(=S)S(=S)(=S)S(=S)(=S)S(=S)(=S)S(=S)(=S)S(=S)(=S)S(=S)(=S)S(=S)(=S)S(=S)(=S)S(=S)(=S)S(=S)(=S)S(=S)(=S)S(=S)(=S)S(=S)(=S)S(=S)(=S)S(=S)(=S)S(=S)(=S)S(=S)(=S)S(=S)(=S)S(=S)(=S)S(=S)(=S)S(=S)(=S)S(=S)(=S)S(=S)(=S)S(=S)(=S)S(=S)(=S)S(=S)(=S)S(=S)(=S)S(=S)(=S)S(=S)(=S)S(=S)(=S)S(=S)(=S)S(=S)(=S)S(=S)(=S)S(=S)(=S)S(=S)(=S)S(=S)(=S)S(=S)(=S)S(=S)(=S)S(=S)(=S)S(=S)(=S)S(=S)(=S)S(=S)(=S)I. The van der Waals surface area contributed by atoms with Crippen LogP contribution in [0.3, 0.4) is 0 Å². The van der Waals surface area contributed by atoms with Gasteiger partial charge in [0.1, 0.15) is 0 Å². The highest BCUT2D eigenvalue weighted by Gasteiger charge is 2.54. The third kappa shape index (κ3) is 29.1. The zero-order valence-corrected chi connectivity index (χ0v) is 184. The molecule has 0 spiro atoms. The van der Waals surface area contributed by atoms with Crippen LogP contribution < -0.4 is 0 Å². The van der Waals surface area contributed by atoms with E-state index in [4.69, 9.17) is 1100 Å². The smallest absolute Gasteiger partial charge is 0.0451 e. The minimum absolute atomic E-state index is 1.71. The normalized spacial score (nSPS) is 17.1. The molecule has 0 radical (unpaired) electrons. The van der Waals surface area contributed by atoms with E-state index in [9.17, 15) is 0 Å². The van der Waals surface area contributed by atoms with Crippen molar-refractivity contribution in [1.82, 2.24) is 0 Å². The molecule has 149 heavy (non-hydrogen) atoms. The Balaban J connectivity index is 9.03. The summed E-state index contributed by atoms with van der Waals surface area (Å²) in [6, 6.07) is 0. The van der Waals surface area contributed by atoms with Crippen LogP contribution in [0, 0.1) is 0 Å². The lowest BCUT2D eigenvalue weighted by Crippen LogP contribution is -2.41. The predicted octanol–water partition coefficient (Wildman–Crippen LogP) is 0.913. The molecule has 0 heterocycles. The monoisotopic (exact) mass is 4860 g/mol. The van der Waals surface area contributed by atoms with Gasteiger partial charge in [0.25, 0.3) is 0 Å². The molecule has 0 aliphatic carbocycles. The van der Waals surface area contributed by atoms with Gasteiger partial charge in [-0.2, -0.15) is 0 Å². The third-order valence-electron chi connectivity index (χ3n) is 12.0. The molecular weight excluding hydrogens is 4870 g/mol. The Morgan fingerprint density at radius 1 is 0.0671 bits per heavy atom. The van der Waals surface area contributed by atoms with E-state index in [2.05, 4.69) is 11.7 Å². The summed E-state index contributed by atoms with van der Waals surface area (Å²) in [4.78, 5) is 0. The largest absolute Gasteiger partial charge is 0.0917 e. The van der Waals surface area contributed by atoms with Gasteiger partial charge in [-0.05, 0) is 1100 Å². The number of hydrogen-bond acceptors (Lipinski definition) is 98. The highest BCUT2D eigenvalue weighted by molar-refractivity contribution is 14.2. The number of hydrogen-bond donors (Lipinski definition) is 1. The van der Waals surface area contributed by atoms with Crippen LogP contribution in [0.25, 0.3) is 0 Å². The first kappa shape index (κ1) is 189. The van der Waals surface area contributed by atoms with Crippen LogP contribution in [0.4, 0.5) is 0 Å². The first-order valence-corrected chi connectivity index (χ1v) is 224. The van der Waals surface area contributed by atoms with Crippen LogP contribution in [0.5, 0.6) is 0 Å². The molecule has 0 amide bonds. The van der Waals surface area contributed by atoms with Crippen molar-refractivity contribution in [1.29, 1.82) is 0 Å². The number of halogens is 1. The second kappa shape index (κ2) is 58.8. The zero-order chi connectivity index (χ0) is 124. The Kier molecular flexibility index (Phi) is 74.5. The Hall–Kier alpha value is 39.8. The van der Waals surface area contributed by atoms with Gasteiger partial charge in [-0.25, -0.2) is 0 Å². The molecule has 0 unspecified atom stereocenters. The first-order chi connectivity index (χ1) is 62.0. The topological polar surface area (TPSA) is 0 Å². The van der Waals surface area contributed by atoms with E-state index in [1.165, 1.54) is 0 Å². The van der Waals surface area contributed by atoms with Crippen molar-refractivity contribution in [3.8, 4) is 0 Å². The molecule has 0 N–H and O–H groups in total. The van der Waals surface area contributed by atoms with E-state index in [-0.39, 0.29) is 0 Å². The molecule has 0 atom stereocenters.